The van der Waals surface area contributed by atoms with Crippen LogP contribution < -0.4 is 35.7 Å². The van der Waals surface area contributed by atoms with Crippen LogP contribution in [0.25, 0.3) is 43.8 Å². The Morgan fingerprint density at radius 3 is 1.07 bits per heavy atom. The first kappa shape index (κ1) is 38.6. The quantitative estimate of drug-likeness (QED) is 0.142. The molecule has 0 unspecified atom stereocenters. The average molecular weight is 857 g/mol. The van der Waals surface area contributed by atoms with Crippen LogP contribution in [0.15, 0.2) is 249 Å². The van der Waals surface area contributed by atoms with Crippen molar-refractivity contribution in [3.63, 3.8) is 0 Å². The number of fused-ring (bicyclic) bond motifs is 6. The molecule has 0 atom stereocenters. The average Bonchev–Trinajstić information content (AvgIpc) is 3.39. The zero-order valence-electron chi connectivity index (χ0n) is 36.5. The molecular formula is C62H41BN2O2. The highest BCUT2D eigenvalue weighted by Crippen LogP contribution is 2.48. The van der Waals surface area contributed by atoms with E-state index in [4.69, 9.17) is 9.47 Å². The fourth-order valence-corrected chi connectivity index (χ4v) is 10.2. The maximum atomic E-state index is 7.35. The Balaban J connectivity index is 1.03. The topological polar surface area (TPSA) is 24.9 Å². The second-order valence-electron chi connectivity index (χ2n) is 17.3. The van der Waals surface area contributed by atoms with Crippen LogP contribution in [-0.4, -0.2) is 6.71 Å². The van der Waals surface area contributed by atoms with Gasteiger partial charge in [0.1, 0.15) is 23.0 Å². The number of anilines is 6. The van der Waals surface area contributed by atoms with Gasteiger partial charge in [-0.05, 0) is 110 Å². The van der Waals surface area contributed by atoms with Crippen molar-refractivity contribution < 1.29 is 9.47 Å². The first-order valence-corrected chi connectivity index (χ1v) is 22.9. The van der Waals surface area contributed by atoms with Crippen LogP contribution >= 0.6 is 0 Å². The van der Waals surface area contributed by atoms with Gasteiger partial charge in [-0.1, -0.05) is 170 Å². The minimum Gasteiger partial charge on any atom is -0.458 e. The summed E-state index contributed by atoms with van der Waals surface area (Å²) in [5, 5.41) is 4.77. The Kier molecular flexibility index (Phi) is 9.24. The standard InChI is InChI=1S/C62H41BN2O2/c1-5-19-44(20-6-1)54-41-55(45-21-7-2-8-22-45)62-60-61(54)66-58-39-52(64(48-25-9-3-10-26-48)50-31-29-42-17-13-15-23-46(42)37-50)33-35-56(58)63(60)57-36-34-53(40-59(57)67-62)65(49-27-11-4-12-28-49)51-32-30-43-18-14-16-24-47(43)38-51/h1-41H. The fraction of sp³-hybridized carbons (Fsp3) is 0. The third-order valence-corrected chi connectivity index (χ3v) is 13.3. The van der Waals surface area contributed by atoms with Gasteiger partial charge in [0, 0.05) is 62.8 Å². The van der Waals surface area contributed by atoms with E-state index in [1.54, 1.807) is 0 Å². The number of hydrogen-bond acceptors (Lipinski definition) is 4. The molecule has 0 amide bonds. The van der Waals surface area contributed by atoms with Gasteiger partial charge in [0.2, 0.25) is 0 Å². The minimum absolute atomic E-state index is 0.191. The van der Waals surface area contributed by atoms with Crippen LogP contribution in [0.3, 0.4) is 0 Å². The van der Waals surface area contributed by atoms with Gasteiger partial charge in [-0.2, -0.15) is 0 Å². The molecule has 67 heavy (non-hydrogen) atoms. The van der Waals surface area contributed by atoms with E-state index in [0.29, 0.717) is 0 Å². The molecule has 2 aliphatic rings. The highest BCUT2D eigenvalue weighted by atomic mass is 16.5. The van der Waals surface area contributed by atoms with E-state index in [2.05, 4.69) is 259 Å². The zero-order chi connectivity index (χ0) is 44.3. The normalized spacial score (nSPS) is 12.1. The largest absolute Gasteiger partial charge is 0.458 e. The van der Waals surface area contributed by atoms with Gasteiger partial charge < -0.3 is 19.3 Å². The number of para-hydroxylation sites is 2. The van der Waals surface area contributed by atoms with Gasteiger partial charge in [-0.3, -0.25) is 0 Å². The number of nitrogens with zero attached hydrogens (tertiary/aromatic N) is 2. The first-order chi connectivity index (χ1) is 33.2. The summed E-state index contributed by atoms with van der Waals surface area (Å²) < 4.78 is 14.7. The van der Waals surface area contributed by atoms with Gasteiger partial charge >= 0.3 is 0 Å². The first-order valence-electron chi connectivity index (χ1n) is 22.9. The molecular weight excluding hydrogens is 816 g/mol. The van der Waals surface area contributed by atoms with E-state index in [9.17, 15) is 0 Å². The summed E-state index contributed by atoms with van der Waals surface area (Å²) in [7, 11) is 0. The predicted octanol–water partition coefficient (Wildman–Crippen LogP) is 15.0. The molecule has 13 rings (SSSR count). The molecule has 0 aliphatic carbocycles. The lowest BCUT2D eigenvalue weighted by Crippen LogP contribution is -2.57. The summed E-state index contributed by atoms with van der Waals surface area (Å²) in [6, 6.07) is 88.5. The third kappa shape index (κ3) is 6.71. The SMILES string of the molecule is c1ccc(-c2cc(-c3ccccc3)c3c4c2Oc2cc(N(c5ccccc5)c5ccc6ccccc6c5)ccc2B4c2ccc(N(c4ccccc4)c4ccc5ccccc5c4)cc2O3)cc1. The molecule has 0 radical (unpaired) electrons. The Morgan fingerprint density at radius 1 is 0.284 bits per heavy atom. The molecule has 2 heterocycles. The molecule has 0 saturated heterocycles. The molecule has 4 nitrogen and oxygen atoms in total. The molecule has 314 valence electrons. The van der Waals surface area contributed by atoms with E-state index >= 15 is 0 Å². The van der Waals surface area contributed by atoms with E-state index in [1.165, 1.54) is 21.5 Å². The molecule has 0 saturated carbocycles. The number of ether oxygens (including phenoxy) is 2. The number of hydrogen-bond donors (Lipinski definition) is 0. The van der Waals surface area contributed by atoms with Gasteiger partial charge in [-0.15, -0.1) is 0 Å². The Labute approximate surface area is 390 Å². The number of benzene rings is 11. The molecule has 11 aromatic rings. The highest BCUT2D eigenvalue weighted by Gasteiger charge is 2.43. The van der Waals surface area contributed by atoms with Gasteiger partial charge in [0.25, 0.3) is 6.71 Å². The Bertz CT molecular complexity index is 3420. The summed E-state index contributed by atoms with van der Waals surface area (Å²) in [5.41, 5.74) is 13.7. The molecule has 0 spiro atoms. The lowest BCUT2D eigenvalue weighted by Gasteiger charge is -2.37. The zero-order valence-corrected chi connectivity index (χ0v) is 36.5. The van der Waals surface area contributed by atoms with E-state index in [0.717, 1.165) is 95.8 Å². The summed E-state index contributed by atoms with van der Waals surface area (Å²) in [5.74, 6) is 3.24. The summed E-state index contributed by atoms with van der Waals surface area (Å²) in [6.45, 7) is -0.191. The van der Waals surface area contributed by atoms with E-state index in [1.807, 2.05) is 0 Å². The van der Waals surface area contributed by atoms with Gasteiger partial charge in [0.05, 0.1) is 0 Å². The maximum absolute atomic E-state index is 7.35. The van der Waals surface area contributed by atoms with Gasteiger partial charge in [0.15, 0.2) is 0 Å². The molecule has 0 fully saturated rings. The minimum atomic E-state index is -0.191. The van der Waals surface area contributed by atoms with Crippen molar-refractivity contribution in [2.45, 2.75) is 0 Å². The van der Waals surface area contributed by atoms with E-state index < -0.39 is 0 Å². The van der Waals surface area contributed by atoms with Crippen LogP contribution in [0.5, 0.6) is 23.0 Å². The van der Waals surface area contributed by atoms with Crippen LogP contribution in [0.1, 0.15) is 0 Å². The molecule has 2 aliphatic heterocycles. The second kappa shape index (κ2) is 16.0. The van der Waals surface area contributed by atoms with Crippen LogP contribution in [0.2, 0.25) is 0 Å². The summed E-state index contributed by atoms with van der Waals surface area (Å²) in [4.78, 5) is 4.64. The second-order valence-corrected chi connectivity index (χ2v) is 17.3. The molecule has 0 bridgehead atoms. The summed E-state index contributed by atoms with van der Waals surface area (Å²) >= 11 is 0. The lowest BCUT2D eigenvalue weighted by molar-refractivity contribution is 0.467. The maximum Gasteiger partial charge on any atom is 0.260 e. The lowest BCUT2D eigenvalue weighted by atomic mass is 9.34. The van der Waals surface area contributed by atoms with E-state index in [-0.39, 0.29) is 6.71 Å². The van der Waals surface area contributed by atoms with Crippen LogP contribution in [-0.2, 0) is 0 Å². The molecule has 0 N–H and O–H groups in total. The number of rotatable bonds is 8. The van der Waals surface area contributed by atoms with Gasteiger partial charge in [-0.25, -0.2) is 0 Å². The highest BCUT2D eigenvalue weighted by molar-refractivity contribution is 6.98. The van der Waals surface area contributed by atoms with Crippen molar-refractivity contribution in [3.05, 3.63) is 249 Å². The Morgan fingerprint density at radius 2 is 0.642 bits per heavy atom. The van der Waals surface area contributed by atoms with Crippen molar-refractivity contribution in [2.75, 3.05) is 9.80 Å². The van der Waals surface area contributed by atoms with Crippen LogP contribution in [0, 0.1) is 0 Å². The van der Waals surface area contributed by atoms with Crippen molar-refractivity contribution in [2.24, 2.45) is 0 Å². The smallest absolute Gasteiger partial charge is 0.260 e. The monoisotopic (exact) mass is 856 g/mol. The Hall–Kier alpha value is -8.80. The van der Waals surface area contributed by atoms with Crippen molar-refractivity contribution in [3.8, 4) is 45.3 Å². The van der Waals surface area contributed by atoms with Crippen LogP contribution in [0.4, 0.5) is 34.1 Å². The van der Waals surface area contributed by atoms with Crippen molar-refractivity contribution >= 4 is 78.8 Å². The molecule has 5 heteroatoms. The molecule has 11 aromatic carbocycles. The fourth-order valence-electron chi connectivity index (χ4n) is 10.2. The molecule has 0 aromatic heterocycles. The third-order valence-electron chi connectivity index (χ3n) is 13.3. The van der Waals surface area contributed by atoms with Crippen molar-refractivity contribution in [1.82, 2.24) is 0 Å². The summed E-state index contributed by atoms with van der Waals surface area (Å²) in [6.07, 6.45) is 0. The predicted molar refractivity (Wildman–Crippen MR) is 279 cm³/mol. The van der Waals surface area contributed by atoms with Crippen molar-refractivity contribution in [1.29, 1.82) is 0 Å².